The summed E-state index contributed by atoms with van der Waals surface area (Å²) in [6, 6.07) is 6.48. The molecule has 0 bridgehead atoms. The van der Waals surface area contributed by atoms with Gasteiger partial charge in [-0.15, -0.1) is 0 Å². The van der Waals surface area contributed by atoms with Crippen LogP contribution in [0.2, 0.25) is 0 Å². The summed E-state index contributed by atoms with van der Waals surface area (Å²) in [6.45, 7) is 5.04. The first kappa shape index (κ1) is 29.5. The van der Waals surface area contributed by atoms with Crippen LogP contribution in [-0.4, -0.2) is 65.3 Å². The summed E-state index contributed by atoms with van der Waals surface area (Å²) in [5, 5.41) is 12.7. The standard InChI is InChI=1S/C30H38INO8/c1-29(2,3)39-25(34)13-12-22(16-33)32-27(35)18-14-23(37-28(36)17-4-10-21(31)11-5-17)26-24(15-18)38-30(40-26,19-6-7-19)20-8-9-20/h4-5,10-11,15,19-20,22-24,26,33H,6-9,12-14,16H2,1-3H3,(H,32,35)/t22-,23+,24+,26-/m0/s1. The van der Waals surface area contributed by atoms with E-state index in [1.165, 1.54) is 0 Å². The van der Waals surface area contributed by atoms with Gasteiger partial charge < -0.3 is 29.4 Å². The number of carbonyl (C=O) groups excluding carboxylic acids is 3. The highest BCUT2D eigenvalue weighted by Crippen LogP contribution is 2.59. The fourth-order valence-electron chi connectivity index (χ4n) is 5.53. The van der Waals surface area contributed by atoms with Gasteiger partial charge in [-0.1, -0.05) is 0 Å². The maximum Gasteiger partial charge on any atom is 0.338 e. The molecule has 1 aliphatic heterocycles. The Bertz CT molecular complexity index is 1140. The van der Waals surface area contributed by atoms with Crippen molar-refractivity contribution in [3.63, 3.8) is 0 Å². The van der Waals surface area contributed by atoms with E-state index >= 15 is 0 Å². The Balaban J connectivity index is 1.30. The van der Waals surface area contributed by atoms with Gasteiger partial charge in [-0.25, -0.2) is 4.79 Å². The number of benzene rings is 1. The van der Waals surface area contributed by atoms with Crippen LogP contribution in [0.5, 0.6) is 0 Å². The zero-order valence-electron chi connectivity index (χ0n) is 23.2. The number of rotatable bonds is 10. The van der Waals surface area contributed by atoms with Crippen molar-refractivity contribution in [1.82, 2.24) is 5.32 Å². The monoisotopic (exact) mass is 667 g/mol. The number of fused-ring (bicyclic) bond motifs is 1. The maximum absolute atomic E-state index is 13.4. The number of esters is 2. The minimum absolute atomic E-state index is 0.0605. The number of carbonyl (C=O) groups is 3. The molecule has 0 radical (unpaired) electrons. The first-order chi connectivity index (χ1) is 19.0. The molecule has 2 N–H and O–H groups in total. The molecule has 1 aromatic rings. The van der Waals surface area contributed by atoms with Gasteiger partial charge in [0.05, 0.1) is 18.2 Å². The smallest absolute Gasteiger partial charge is 0.338 e. The second-order valence-corrected chi connectivity index (χ2v) is 13.5. The summed E-state index contributed by atoms with van der Waals surface area (Å²) >= 11 is 2.18. The predicted octanol–water partition coefficient (Wildman–Crippen LogP) is 4.05. The van der Waals surface area contributed by atoms with Gasteiger partial charge in [-0.2, -0.15) is 0 Å². The molecule has 0 aromatic heterocycles. The van der Waals surface area contributed by atoms with Crippen LogP contribution in [0.4, 0.5) is 0 Å². The van der Waals surface area contributed by atoms with Crippen LogP contribution in [0.25, 0.3) is 0 Å². The van der Waals surface area contributed by atoms with Crippen LogP contribution in [-0.2, 0) is 28.5 Å². The number of hydrogen-bond donors (Lipinski definition) is 2. The lowest BCUT2D eigenvalue weighted by Gasteiger charge is -2.31. The second kappa shape index (κ2) is 11.7. The SMILES string of the molecule is CC(C)(C)OC(=O)CC[C@@H](CO)NC(=O)C1=C[C@H]2OC(C3CC3)(C3CC3)O[C@H]2[C@H](OC(=O)c2ccc(I)cc2)C1. The molecule has 40 heavy (non-hydrogen) atoms. The van der Waals surface area contributed by atoms with Gasteiger partial charge >= 0.3 is 11.9 Å². The topological polar surface area (TPSA) is 120 Å². The molecule has 10 heteroatoms. The van der Waals surface area contributed by atoms with Crippen molar-refractivity contribution in [2.75, 3.05) is 6.61 Å². The van der Waals surface area contributed by atoms with Crippen LogP contribution < -0.4 is 5.32 Å². The maximum atomic E-state index is 13.4. The van der Waals surface area contributed by atoms with Gasteiger partial charge in [0.2, 0.25) is 5.91 Å². The number of aliphatic hydroxyl groups excluding tert-OH is 1. The summed E-state index contributed by atoms with van der Waals surface area (Å²) in [4.78, 5) is 38.6. The molecular weight excluding hydrogens is 629 g/mol. The highest BCUT2D eigenvalue weighted by Gasteiger charge is 2.64. The molecule has 1 saturated heterocycles. The first-order valence-electron chi connectivity index (χ1n) is 14.1. The summed E-state index contributed by atoms with van der Waals surface area (Å²) in [7, 11) is 0. The quantitative estimate of drug-likeness (QED) is 0.284. The van der Waals surface area contributed by atoms with E-state index in [0.29, 0.717) is 23.0 Å². The van der Waals surface area contributed by atoms with E-state index in [0.717, 1.165) is 29.3 Å². The Hall–Kier alpha value is -2.02. The molecule has 9 nitrogen and oxygen atoms in total. The Morgan fingerprint density at radius 3 is 2.33 bits per heavy atom. The van der Waals surface area contributed by atoms with Crippen molar-refractivity contribution >= 4 is 40.4 Å². The highest BCUT2D eigenvalue weighted by molar-refractivity contribution is 14.1. The third-order valence-corrected chi connectivity index (χ3v) is 8.43. The Kier molecular flexibility index (Phi) is 8.62. The van der Waals surface area contributed by atoms with Crippen LogP contribution in [0, 0.1) is 15.4 Å². The van der Waals surface area contributed by atoms with Crippen molar-refractivity contribution < 1.29 is 38.4 Å². The van der Waals surface area contributed by atoms with Gasteiger partial charge in [0.15, 0.2) is 5.79 Å². The number of hydrogen-bond acceptors (Lipinski definition) is 8. The molecule has 4 aliphatic rings. The summed E-state index contributed by atoms with van der Waals surface area (Å²) < 4.78 is 25.6. The van der Waals surface area contributed by atoms with E-state index in [9.17, 15) is 19.5 Å². The minimum atomic E-state index is -0.712. The summed E-state index contributed by atoms with van der Waals surface area (Å²) in [5.74, 6) is -1.32. The van der Waals surface area contributed by atoms with Crippen molar-refractivity contribution in [3.05, 3.63) is 45.0 Å². The number of halogens is 1. The number of nitrogens with one attached hydrogen (secondary N) is 1. The molecule has 0 spiro atoms. The van der Waals surface area contributed by atoms with Crippen LogP contribution in [0.1, 0.15) is 76.1 Å². The van der Waals surface area contributed by atoms with Gasteiger partial charge in [0, 0.05) is 33.8 Å². The summed E-state index contributed by atoms with van der Waals surface area (Å²) in [5.41, 5.74) is 0.223. The Labute approximate surface area is 248 Å². The number of amides is 1. The average molecular weight is 668 g/mol. The lowest BCUT2D eigenvalue weighted by molar-refractivity contribution is -0.209. The van der Waals surface area contributed by atoms with Crippen LogP contribution >= 0.6 is 22.6 Å². The Morgan fingerprint density at radius 2 is 1.75 bits per heavy atom. The average Bonchev–Trinajstić information content (AvgIpc) is 3.82. The van der Waals surface area contributed by atoms with Crippen molar-refractivity contribution in [1.29, 1.82) is 0 Å². The third-order valence-electron chi connectivity index (χ3n) is 7.71. The minimum Gasteiger partial charge on any atom is -0.460 e. The molecular formula is C30H38INO8. The van der Waals surface area contributed by atoms with E-state index in [1.807, 2.05) is 12.1 Å². The van der Waals surface area contributed by atoms with Crippen molar-refractivity contribution in [2.24, 2.45) is 11.8 Å². The fraction of sp³-hybridized carbons (Fsp3) is 0.633. The lowest BCUT2D eigenvalue weighted by atomic mass is 9.91. The molecule has 1 aromatic carbocycles. The zero-order valence-corrected chi connectivity index (χ0v) is 25.3. The van der Waals surface area contributed by atoms with Gasteiger partial charge in [0.25, 0.3) is 0 Å². The van der Waals surface area contributed by atoms with Crippen LogP contribution in [0.15, 0.2) is 35.9 Å². The van der Waals surface area contributed by atoms with E-state index in [4.69, 9.17) is 18.9 Å². The van der Waals surface area contributed by atoms with Gasteiger partial charge in [-0.3, -0.25) is 9.59 Å². The van der Waals surface area contributed by atoms with Crippen molar-refractivity contribution in [3.8, 4) is 0 Å². The zero-order chi connectivity index (χ0) is 28.7. The van der Waals surface area contributed by atoms with E-state index < -0.39 is 53.6 Å². The van der Waals surface area contributed by atoms with Crippen molar-refractivity contribution in [2.45, 2.75) is 101 Å². The molecule has 5 rings (SSSR count). The van der Waals surface area contributed by atoms with E-state index in [2.05, 4.69) is 27.9 Å². The first-order valence-corrected chi connectivity index (χ1v) is 15.2. The normalized spacial score (nSPS) is 26.3. The summed E-state index contributed by atoms with van der Waals surface area (Å²) in [6.07, 6.45) is 4.63. The molecule has 0 unspecified atom stereocenters. The van der Waals surface area contributed by atoms with Crippen LogP contribution in [0.3, 0.4) is 0 Å². The fourth-order valence-corrected chi connectivity index (χ4v) is 5.89. The molecule has 3 aliphatic carbocycles. The van der Waals surface area contributed by atoms with Gasteiger partial charge in [0.1, 0.15) is 23.9 Å². The molecule has 4 atom stereocenters. The largest absolute Gasteiger partial charge is 0.460 e. The molecule has 1 amide bonds. The second-order valence-electron chi connectivity index (χ2n) is 12.3. The predicted molar refractivity (Wildman–Crippen MR) is 153 cm³/mol. The van der Waals surface area contributed by atoms with E-state index in [1.54, 1.807) is 39.0 Å². The number of aliphatic hydroxyl groups is 1. The Morgan fingerprint density at radius 1 is 1.10 bits per heavy atom. The number of ether oxygens (including phenoxy) is 4. The molecule has 2 saturated carbocycles. The molecule has 1 heterocycles. The molecule has 3 fully saturated rings. The highest BCUT2D eigenvalue weighted by atomic mass is 127. The lowest BCUT2D eigenvalue weighted by Crippen LogP contribution is -2.45. The molecule has 218 valence electrons. The van der Waals surface area contributed by atoms with Gasteiger partial charge in [-0.05, 0) is 106 Å². The van der Waals surface area contributed by atoms with E-state index in [-0.39, 0.29) is 25.9 Å². The third kappa shape index (κ3) is 6.88.